The second-order valence-electron chi connectivity index (χ2n) is 4.24. The average molecular weight is 203 g/mol. The van der Waals surface area contributed by atoms with Gasteiger partial charge in [-0.1, -0.05) is 27.7 Å². The van der Waals surface area contributed by atoms with Crippen LogP contribution in [0.15, 0.2) is 0 Å². The number of nitrogens with zero attached hydrogens (tertiary/aromatic N) is 1. The van der Waals surface area contributed by atoms with Gasteiger partial charge in [0.25, 0.3) is 0 Å². The molecule has 0 aromatic rings. The van der Waals surface area contributed by atoms with Crippen molar-refractivity contribution in [2.24, 2.45) is 0 Å². The molecule has 0 unspecified atom stereocenters. The fourth-order valence-electron chi connectivity index (χ4n) is 2.57. The van der Waals surface area contributed by atoms with Gasteiger partial charge in [0.05, 0.1) is 26.2 Å². The van der Waals surface area contributed by atoms with E-state index in [0.717, 1.165) is 0 Å². The minimum absolute atomic E-state index is 0. The molecule has 0 fully saturated rings. The largest absolute Gasteiger partial charge is 0.870 e. The molecule has 0 aliphatic rings. The highest BCUT2D eigenvalue weighted by Crippen LogP contribution is 2.12. The predicted octanol–water partition coefficient (Wildman–Crippen LogP) is 3.27. The molecule has 0 amide bonds. The summed E-state index contributed by atoms with van der Waals surface area (Å²) in [4.78, 5) is 0. The summed E-state index contributed by atoms with van der Waals surface area (Å²) in [7, 11) is 0. The Kier molecular flexibility index (Phi) is 11.1. The van der Waals surface area contributed by atoms with Gasteiger partial charge in [-0.15, -0.1) is 0 Å². The van der Waals surface area contributed by atoms with E-state index in [0.29, 0.717) is 0 Å². The van der Waals surface area contributed by atoms with Crippen molar-refractivity contribution in [2.45, 2.75) is 53.4 Å². The molecule has 0 aliphatic heterocycles. The monoisotopic (exact) mass is 203 g/mol. The van der Waals surface area contributed by atoms with Gasteiger partial charge >= 0.3 is 0 Å². The summed E-state index contributed by atoms with van der Waals surface area (Å²) in [6, 6.07) is 0. The zero-order chi connectivity index (χ0) is 10.2. The predicted molar refractivity (Wildman–Crippen MR) is 62.8 cm³/mol. The molecule has 14 heavy (non-hydrogen) atoms. The third-order valence-corrected chi connectivity index (χ3v) is 2.79. The van der Waals surface area contributed by atoms with Crippen LogP contribution in [0.1, 0.15) is 53.4 Å². The summed E-state index contributed by atoms with van der Waals surface area (Å²) < 4.78 is 1.38. The Morgan fingerprint density at radius 1 is 0.571 bits per heavy atom. The van der Waals surface area contributed by atoms with E-state index in [1.54, 1.807) is 0 Å². The van der Waals surface area contributed by atoms with Crippen molar-refractivity contribution in [1.82, 2.24) is 0 Å². The highest BCUT2D eigenvalue weighted by atomic mass is 16.0. The van der Waals surface area contributed by atoms with Gasteiger partial charge in [-0.05, 0) is 25.7 Å². The lowest BCUT2D eigenvalue weighted by Crippen LogP contribution is -2.50. The zero-order valence-electron chi connectivity index (χ0n) is 10.6. The van der Waals surface area contributed by atoms with Crippen molar-refractivity contribution in [2.75, 3.05) is 26.2 Å². The Bertz CT molecular complexity index is 85.4. The van der Waals surface area contributed by atoms with Crippen molar-refractivity contribution < 1.29 is 9.96 Å². The summed E-state index contributed by atoms with van der Waals surface area (Å²) in [6.07, 6.45) is 5.33. The lowest BCUT2D eigenvalue weighted by molar-refractivity contribution is -0.928. The first-order chi connectivity index (χ1) is 6.24. The first-order valence-corrected chi connectivity index (χ1v) is 6.09. The van der Waals surface area contributed by atoms with E-state index < -0.39 is 0 Å². The third-order valence-electron chi connectivity index (χ3n) is 2.79. The van der Waals surface area contributed by atoms with Crippen LogP contribution in [-0.4, -0.2) is 36.1 Å². The van der Waals surface area contributed by atoms with Gasteiger partial charge in [0.2, 0.25) is 0 Å². The molecule has 2 heteroatoms. The smallest absolute Gasteiger partial charge is 0.0783 e. The van der Waals surface area contributed by atoms with E-state index in [9.17, 15) is 0 Å². The van der Waals surface area contributed by atoms with Gasteiger partial charge in [-0.2, -0.15) is 0 Å². The second kappa shape index (κ2) is 9.47. The Hall–Kier alpha value is -0.0800. The molecule has 0 rings (SSSR count). The van der Waals surface area contributed by atoms with E-state index >= 15 is 0 Å². The van der Waals surface area contributed by atoms with E-state index in [4.69, 9.17) is 0 Å². The molecule has 2 nitrogen and oxygen atoms in total. The Morgan fingerprint density at radius 2 is 0.786 bits per heavy atom. The number of hydrogen-bond acceptors (Lipinski definition) is 1. The van der Waals surface area contributed by atoms with E-state index in [2.05, 4.69) is 27.7 Å². The zero-order valence-corrected chi connectivity index (χ0v) is 10.6. The molecule has 0 radical (unpaired) electrons. The van der Waals surface area contributed by atoms with Crippen LogP contribution in [0.25, 0.3) is 0 Å². The summed E-state index contributed by atoms with van der Waals surface area (Å²) >= 11 is 0. The van der Waals surface area contributed by atoms with Crippen molar-refractivity contribution >= 4 is 0 Å². The molecule has 0 spiro atoms. The van der Waals surface area contributed by atoms with Gasteiger partial charge in [0, 0.05) is 0 Å². The first-order valence-electron chi connectivity index (χ1n) is 6.09. The molecule has 0 aromatic carbocycles. The molecular weight excluding hydrogens is 174 g/mol. The number of hydrogen-bond donors (Lipinski definition) is 0. The van der Waals surface area contributed by atoms with Crippen LogP contribution < -0.4 is 0 Å². The van der Waals surface area contributed by atoms with Gasteiger partial charge in [0.1, 0.15) is 0 Å². The van der Waals surface area contributed by atoms with Crippen molar-refractivity contribution in [1.29, 1.82) is 0 Å². The highest BCUT2D eigenvalue weighted by Gasteiger charge is 2.22. The minimum Gasteiger partial charge on any atom is -0.870 e. The third kappa shape index (κ3) is 5.61. The van der Waals surface area contributed by atoms with Crippen molar-refractivity contribution in [3.05, 3.63) is 0 Å². The quantitative estimate of drug-likeness (QED) is 0.557. The van der Waals surface area contributed by atoms with Gasteiger partial charge < -0.3 is 9.96 Å². The van der Waals surface area contributed by atoms with Gasteiger partial charge in [-0.25, -0.2) is 0 Å². The molecular formula is C12H29NO. The number of rotatable bonds is 8. The molecule has 0 heterocycles. The maximum atomic E-state index is 2.31. The maximum Gasteiger partial charge on any atom is 0.0783 e. The summed E-state index contributed by atoms with van der Waals surface area (Å²) in [5.74, 6) is 0. The highest BCUT2D eigenvalue weighted by molar-refractivity contribution is 4.43. The van der Waals surface area contributed by atoms with E-state index in [1.165, 1.54) is 56.3 Å². The van der Waals surface area contributed by atoms with Crippen LogP contribution in [0.5, 0.6) is 0 Å². The summed E-state index contributed by atoms with van der Waals surface area (Å²) in [6.45, 7) is 14.8. The average Bonchev–Trinajstić information content (AvgIpc) is 2.06. The lowest BCUT2D eigenvalue weighted by atomic mass is 10.2. The molecule has 0 bridgehead atoms. The topological polar surface area (TPSA) is 30.0 Å². The first kappa shape index (κ1) is 16.4. The Labute approximate surface area is 90.2 Å². The van der Waals surface area contributed by atoms with Crippen LogP contribution in [0, 0.1) is 0 Å². The van der Waals surface area contributed by atoms with Crippen molar-refractivity contribution in [3.8, 4) is 0 Å². The summed E-state index contributed by atoms with van der Waals surface area (Å²) in [5, 5.41) is 0. The fraction of sp³-hybridized carbons (Fsp3) is 1.00. The van der Waals surface area contributed by atoms with Crippen LogP contribution in [0.2, 0.25) is 0 Å². The Morgan fingerprint density at radius 3 is 0.929 bits per heavy atom. The van der Waals surface area contributed by atoms with Crippen molar-refractivity contribution in [3.63, 3.8) is 0 Å². The lowest BCUT2D eigenvalue weighted by Gasteiger charge is -2.38. The van der Waals surface area contributed by atoms with Crippen LogP contribution in [0.3, 0.4) is 0 Å². The normalized spacial score (nSPS) is 11.1. The molecule has 0 saturated carbocycles. The molecule has 0 atom stereocenters. The molecule has 0 saturated heterocycles. The molecule has 0 aliphatic carbocycles. The molecule has 1 N–H and O–H groups in total. The fourth-order valence-corrected chi connectivity index (χ4v) is 2.57. The van der Waals surface area contributed by atoms with E-state index in [1.807, 2.05) is 0 Å². The number of quaternary nitrogens is 1. The molecule has 88 valence electrons. The van der Waals surface area contributed by atoms with Crippen LogP contribution in [-0.2, 0) is 0 Å². The molecule has 0 aromatic heterocycles. The maximum absolute atomic E-state index is 2.31. The Balaban J connectivity index is 0. The minimum atomic E-state index is 0. The second-order valence-corrected chi connectivity index (χ2v) is 4.24. The van der Waals surface area contributed by atoms with E-state index in [-0.39, 0.29) is 5.48 Å². The van der Waals surface area contributed by atoms with Crippen LogP contribution in [0.4, 0.5) is 0 Å². The van der Waals surface area contributed by atoms with Gasteiger partial charge in [0.15, 0.2) is 0 Å². The van der Waals surface area contributed by atoms with Crippen LogP contribution >= 0.6 is 0 Å². The standard InChI is InChI=1S/C12H28N.H2O/c1-5-9-13(10-6-2,11-7-3)12-8-4;/h5-12H2,1-4H3;1H2/q+1;/p-1. The SMILES string of the molecule is CCC[N+](CCC)(CCC)CCC.[OH-]. The summed E-state index contributed by atoms with van der Waals surface area (Å²) in [5.41, 5.74) is 0. The van der Waals surface area contributed by atoms with Gasteiger partial charge in [-0.3, -0.25) is 0 Å².